The van der Waals surface area contributed by atoms with E-state index in [9.17, 15) is 0 Å². The van der Waals surface area contributed by atoms with E-state index in [-0.39, 0.29) is 0 Å². The second-order valence-electron chi connectivity index (χ2n) is 4.09. The Hall–Kier alpha value is 0.01000. The van der Waals surface area contributed by atoms with Gasteiger partial charge < -0.3 is 5.32 Å². The lowest BCUT2D eigenvalue weighted by Gasteiger charge is -2.20. The highest BCUT2D eigenvalue weighted by Gasteiger charge is 2.23. The first-order chi connectivity index (χ1) is 6.77. The van der Waals surface area contributed by atoms with Gasteiger partial charge in [0.25, 0.3) is 0 Å². The lowest BCUT2D eigenvalue weighted by molar-refractivity contribution is 0.491. The van der Waals surface area contributed by atoms with Crippen molar-refractivity contribution >= 4 is 23.1 Å². The predicted molar refractivity (Wildman–Crippen MR) is 66.1 cm³/mol. The predicted octanol–water partition coefficient (Wildman–Crippen LogP) is 3.15. The van der Waals surface area contributed by atoms with Crippen LogP contribution in [0, 0.1) is 5.92 Å². The lowest BCUT2D eigenvalue weighted by Crippen LogP contribution is -2.28. The molecule has 0 aromatic carbocycles. The SMILES string of the molecule is CC1CNC(c2ccsc2)C(C)SC1. The standard InChI is InChI=1S/C11H17NS2/c1-8-5-12-11(9(2)14-6-8)10-3-4-13-7-10/h3-4,7-9,11-12H,5-6H2,1-2H3. The quantitative estimate of drug-likeness (QED) is 0.791. The summed E-state index contributed by atoms with van der Waals surface area (Å²) in [7, 11) is 0. The third-order valence-electron chi connectivity index (χ3n) is 2.70. The van der Waals surface area contributed by atoms with Crippen LogP contribution in [-0.2, 0) is 0 Å². The Morgan fingerprint density at radius 1 is 1.43 bits per heavy atom. The van der Waals surface area contributed by atoms with Crippen LogP contribution >= 0.6 is 23.1 Å². The van der Waals surface area contributed by atoms with Gasteiger partial charge in [0.1, 0.15) is 0 Å². The van der Waals surface area contributed by atoms with E-state index in [1.807, 2.05) is 0 Å². The molecule has 14 heavy (non-hydrogen) atoms. The maximum atomic E-state index is 3.67. The molecular weight excluding hydrogens is 210 g/mol. The number of thioether (sulfide) groups is 1. The molecule has 1 aliphatic rings. The smallest absolute Gasteiger partial charge is 0.0446 e. The van der Waals surface area contributed by atoms with Gasteiger partial charge in [0.05, 0.1) is 0 Å². The molecule has 0 saturated carbocycles. The molecule has 1 saturated heterocycles. The third-order valence-corrected chi connectivity index (χ3v) is 4.96. The maximum absolute atomic E-state index is 3.67. The Bertz CT molecular complexity index is 271. The molecule has 1 fully saturated rings. The average Bonchev–Trinajstić information content (AvgIpc) is 2.63. The Morgan fingerprint density at radius 2 is 2.29 bits per heavy atom. The van der Waals surface area contributed by atoms with Crippen molar-refractivity contribution in [3.63, 3.8) is 0 Å². The van der Waals surface area contributed by atoms with Crippen molar-refractivity contribution in [1.82, 2.24) is 5.32 Å². The van der Waals surface area contributed by atoms with E-state index >= 15 is 0 Å². The Labute approximate surface area is 94.3 Å². The van der Waals surface area contributed by atoms with E-state index in [2.05, 4.69) is 47.8 Å². The number of nitrogens with one attached hydrogen (secondary N) is 1. The zero-order chi connectivity index (χ0) is 9.97. The van der Waals surface area contributed by atoms with Gasteiger partial charge in [-0.15, -0.1) is 0 Å². The van der Waals surface area contributed by atoms with Crippen LogP contribution in [0.3, 0.4) is 0 Å². The Balaban J connectivity index is 2.10. The molecular formula is C11H17NS2. The monoisotopic (exact) mass is 227 g/mol. The molecule has 1 N–H and O–H groups in total. The summed E-state index contributed by atoms with van der Waals surface area (Å²) in [6.07, 6.45) is 0. The fourth-order valence-corrected chi connectivity index (χ4v) is 3.70. The van der Waals surface area contributed by atoms with Gasteiger partial charge in [0.15, 0.2) is 0 Å². The van der Waals surface area contributed by atoms with Crippen molar-refractivity contribution in [3.8, 4) is 0 Å². The zero-order valence-electron chi connectivity index (χ0n) is 8.69. The largest absolute Gasteiger partial charge is 0.309 e. The summed E-state index contributed by atoms with van der Waals surface area (Å²) < 4.78 is 0. The average molecular weight is 227 g/mol. The van der Waals surface area contributed by atoms with Gasteiger partial charge in [0.2, 0.25) is 0 Å². The van der Waals surface area contributed by atoms with E-state index in [0.717, 1.165) is 12.5 Å². The number of hydrogen-bond donors (Lipinski definition) is 1. The van der Waals surface area contributed by atoms with Gasteiger partial charge in [0, 0.05) is 11.3 Å². The van der Waals surface area contributed by atoms with Crippen LogP contribution in [0.2, 0.25) is 0 Å². The molecule has 1 aliphatic heterocycles. The molecule has 3 atom stereocenters. The van der Waals surface area contributed by atoms with Crippen molar-refractivity contribution < 1.29 is 0 Å². The van der Waals surface area contributed by atoms with Crippen LogP contribution in [0.4, 0.5) is 0 Å². The molecule has 2 rings (SSSR count). The molecule has 0 spiro atoms. The maximum Gasteiger partial charge on any atom is 0.0446 e. The van der Waals surface area contributed by atoms with Crippen LogP contribution in [-0.4, -0.2) is 17.5 Å². The van der Waals surface area contributed by atoms with Gasteiger partial charge in [-0.3, -0.25) is 0 Å². The fraction of sp³-hybridized carbons (Fsp3) is 0.636. The molecule has 78 valence electrons. The summed E-state index contributed by atoms with van der Waals surface area (Å²) in [6.45, 7) is 5.80. The molecule has 1 aromatic rings. The molecule has 2 heterocycles. The second-order valence-corrected chi connectivity index (χ2v) is 6.28. The van der Waals surface area contributed by atoms with Crippen LogP contribution < -0.4 is 5.32 Å². The third kappa shape index (κ3) is 2.33. The van der Waals surface area contributed by atoms with Gasteiger partial charge >= 0.3 is 0 Å². The van der Waals surface area contributed by atoms with E-state index in [1.54, 1.807) is 11.3 Å². The first-order valence-corrected chi connectivity index (χ1v) is 7.13. The minimum Gasteiger partial charge on any atom is -0.309 e. The van der Waals surface area contributed by atoms with E-state index in [4.69, 9.17) is 0 Å². The summed E-state index contributed by atoms with van der Waals surface area (Å²) in [4.78, 5) is 0. The molecule has 0 bridgehead atoms. The minimum absolute atomic E-state index is 0.552. The van der Waals surface area contributed by atoms with Crippen molar-refractivity contribution in [3.05, 3.63) is 22.4 Å². The molecule has 3 heteroatoms. The van der Waals surface area contributed by atoms with Crippen LogP contribution in [0.25, 0.3) is 0 Å². The summed E-state index contributed by atoms with van der Waals surface area (Å²) >= 11 is 3.89. The number of hydrogen-bond acceptors (Lipinski definition) is 3. The van der Waals surface area contributed by atoms with E-state index in [0.29, 0.717) is 11.3 Å². The van der Waals surface area contributed by atoms with Crippen molar-refractivity contribution in [2.75, 3.05) is 12.3 Å². The molecule has 0 amide bonds. The molecule has 0 radical (unpaired) electrons. The number of rotatable bonds is 1. The first kappa shape index (κ1) is 10.5. The highest BCUT2D eigenvalue weighted by molar-refractivity contribution is 7.99. The van der Waals surface area contributed by atoms with Gasteiger partial charge in [-0.2, -0.15) is 23.1 Å². The normalized spacial score (nSPS) is 34.0. The van der Waals surface area contributed by atoms with Gasteiger partial charge in [-0.25, -0.2) is 0 Å². The molecule has 1 aromatic heterocycles. The summed E-state index contributed by atoms with van der Waals surface area (Å²) in [5.41, 5.74) is 1.46. The highest BCUT2D eigenvalue weighted by atomic mass is 32.2. The first-order valence-electron chi connectivity index (χ1n) is 5.14. The van der Waals surface area contributed by atoms with Crippen molar-refractivity contribution in [2.45, 2.75) is 25.1 Å². The topological polar surface area (TPSA) is 12.0 Å². The Kier molecular flexibility index (Phi) is 3.52. The minimum atomic E-state index is 0.552. The lowest BCUT2D eigenvalue weighted by atomic mass is 10.1. The van der Waals surface area contributed by atoms with Crippen molar-refractivity contribution in [1.29, 1.82) is 0 Å². The van der Waals surface area contributed by atoms with Crippen LogP contribution in [0.1, 0.15) is 25.5 Å². The number of thiophene rings is 1. The molecule has 0 aliphatic carbocycles. The summed E-state index contributed by atoms with van der Waals surface area (Å²) in [5.74, 6) is 2.08. The van der Waals surface area contributed by atoms with Gasteiger partial charge in [-0.1, -0.05) is 13.8 Å². The van der Waals surface area contributed by atoms with Crippen molar-refractivity contribution in [2.24, 2.45) is 5.92 Å². The highest BCUT2D eigenvalue weighted by Crippen LogP contribution is 2.31. The van der Waals surface area contributed by atoms with E-state index in [1.165, 1.54) is 11.3 Å². The molecule has 3 unspecified atom stereocenters. The molecule has 1 nitrogen and oxygen atoms in total. The Morgan fingerprint density at radius 3 is 3.00 bits per heavy atom. The zero-order valence-corrected chi connectivity index (χ0v) is 10.3. The summed E-state index contributed by atoms with van der Waals surface area (Å²) in [6, 6.07) is 2.80. The second kappa shape index (κ2) is 4.69. The van der Waals surface area contributed by atoms with Gasteiger partial charge in [-0.05, 0) is 40.6 Å². The van der Waals surface area contributed by atoms with E-state index < -0.39 is 0 Å². The summed E-state index contributed by atoms with van der Waals surface area (Å²) in [5, 5.41) is 8.80. The van der Waals surface area contributed by atoms with Crippen LogP contribution in [0.15, 0.2) is 16.8 Å². The van der Waals surface area contributed by atoms with Crippen LogP contribution in [0.5, 0.6) is 0 Å². The fourth-order valence-electron chi connectivity index (χ4n) is 1.81.